The zero-order valence-electron chi connectivity index (χ0n) is 16.8. The summed E-state index contributed by atoms with van der Waals surface area (Å²) in [5, 5.41) is 41.9. The second-order valence-electron chi connectivity index (χ2n) is 7.18. The maximum absolute atomic E-state index is 10.9. The Morgan fingerprint density at radius 1 is 0.933 bits per heavy atom. The summed E-state index contributed by atoms with van der Waals surface area (Å²) in [5.41, 5.74) is 3.98. The van der Waals surface area contributed by atoms with Gasteiger partial charge in [0.2, 0.25) is 11.4 Å². The van der Waals surface area contributed by atoms with Crippen molar-refractivity contribution in [1.29, 1.82) is 0 Å². The highest BCUT2D eigenvalue weighted by Crippen LogP contribution is 2.24. The van der Waals surface area contributed by atoms with Gasteiger partial charge in [-0.25, -0.2) is 4.79 Å². The highest BCUT2D eigenvalue weighted by molar-refractivity contribution is 5.95. The minimum absolute atomic E-state index is 0.186. The largest absolute Gasteiger partial charge is 0.476 e. The van der Waals surface area contributed by atoms with Crippen molar-refractivity contribution in [3.63, 3.8) is 0 Å². The molecule has 0 aliphatic carbocycles. The van der Waals surface area contributed by atoms with Gasteiger partial charge in [0.05, 0.1) is 9.85 Å². The van der Waals surface area contributed by atoms with Crippen molar-refractivity contribution in [1.82, 2.24) is 20.4 Å². The summed E-state index contributed by atoms with van der Waals surface area (Å²) in [5.74, 6) is -1.88. The second kappa shape index (κ2) is 10.1. The molecule has 0 bridgehead atoms. The van der Waals surface area contributed by atoms with E-state index in [0.29, 0.717) is 18.5 Å². The van der Waals surface area contributed by atoms with Crippen LogP contribution in [0.4, 0.5) is 11.4 Å². The van der Waals surface area contributed by atoms with E-state index in [-0.39, 0.29) is 28.9 Å². The lowest BCUT2D eigenvalue weighted by Gasteiger charge is -2.00. The first kappa shape index (κ1) is 24.2. The predicted molar refractivity (Wildman–Crippen MR) is 103 cm³/mol. The molecular weight excluding hydrogens is 402 g/mol. The summed E-state index contributed by atoms with van der Waals surface area (Å²) in [4.78, 5) is 41.5. The van der Waals surface area contributed by atoms with Gasteiger partial charge in [-0.3, -0.25) is 35.2 Å². The van der Waals surface area contributed by atoms with Gasteiger partial charge in [0.15, 0.2) is 0 Å². The monoisotopic (exact) mass is 425 g/mol. The summed E-state index contributed by atoms with van der Waals surface area (Å²) in [6, 6.07) is 0. The van der Waals surface area contributed by atoms with E-state index in [2.05, 4.69) is 20.4 Å². The van der Waals surface area contributed by atoms with Gasteiger partial charge in [0.1, 0.15) is 11.4 Å². The lowest BCUT2D eigenvalue weighted by molar-refractivity contribution is -0.386. The number of nitro groups is 2. The molecule has 0 unspecified atom stereocenters. The predicted octanol–water partition coefficient (Wildman–Crippen LogP) is 1.83. The van der Waals surface area contributed by atoms with Crippen molar-refractivity contribution in [2.24, 2.45) is 17.6 Å². The molecule has 0 atom stereocenters. The Morgan fingerprint density at radius 2 is 1.30 bits per heavy atom. The number of nitrogens with one attached hydrogen (secondary N) is 2. The molecule has 2 aromatic heterocycles. The number of aromatic amines is 2. The summed E-state index contributed by atoms with van der Waals surface area (Å²) in [7, 11) is 0. The molecule has 0 fully saturated rings. The number of amides is 1. The number of primary amides is 1. The van der Waals surface area contributed by atoms with Gasteiger partial charge in [0, 0.05) is 0 Å². The Hall–Kier alpha value is -3.84. The summed E-state index contributed by atoms with van der Waals surface area (Å²) in [6.45, 7) is 7.58. The standard InChI is InChI=1S/C8H12N4O3.C8H11N3O4/c1-4(2)3-5-7(12(14)15)6(8(9)13)11-10-5;1-4(2)3-5-7(11(14)15)6(8(12)13)10-9-5/h4H,3H2,1-2H3,(H2,9,13)(H,10,11);4H,3H2,1-2H3,(H,9,10)(H,12,13). The topological polar surface area (TPSA) is 224 Å². The first-order valence-electron chi connectivity index (χ1n) is 8.83. The van der Waals surface area contributed by atoms with E-state index < -0.39 is 33.1 Å². The van der Waals surface area contributed by atoms with Crippen LogP contribution in [0.25, 0.3) is 0 Å². The molecule has 0 aromatic carbocycles. The molecule has 0 saturated carbocycles. The first-order valence-corrected chi connectivity index (χ1v) is 8.83. The number of nitrogens with zero attached hydrogens (tertiary/aromatic N) is 4. The van der Waals surface area contributed by atoms with Crippen LogP contribution in [-0.4, -0.2) is 47.2 Å². The number of carboxylic acid groups (broad SMARTS) is 1. The molecule has 5 N–H and O–H groups in total. The Bertz CT molecular complexity index is 870. The van der Waals surface area contributed by atoms with Gasteiger partial charge in [-0.05, 0) is 24.7 Å². The van der Waals surface area contributed by atoms with Crippen LogP contribution in [0.15, 0.2) is 0 Å². The van der Waals surface area contributed by atoms with E-state index in [4.69, 9.17) is 10.8 Å². The van der Waals surface area contributed by atoms with Crippen LogP contribution >= 0.6 is 0 Å². The zero-order chi connectivity index (χ0) is 23.2. The number of hydrogen-bond acceptors (Lipinski definition) is 8. The third-order valence-electron chi connectivity index (χ3n) is 3.65. The fourth-order valence-corrected chi connectivity index (χ4v) is 2.56. The number of aromatic nitrogens is 4. The number of rotatable bonds is 8. The van der Waals surface area contributed by atoms with E-state index >= 15 is 0 Å². The average Bonchev–Trinajstić information content (AvgIpc) is 3.18. The normalized spacial score (nSPS) is 10.6. The number of hydrogen-bond donors (Lipinski definition) is 4. The molecule has 14 heteroatoms. The number of aromatic carboxylic acids is 1. The van der Waals surface area contributed by atoms with Crippen LogP contribution in [0.1, 0.15) is 60.1 Å². The maximum atomic E-state index is 10.9. The summed E-state index contributed by atoms with van der Waals surface area (Å²) >= 11 is 0. The first-order chi connectivity index (χ1) is 13.9. The van der Waals surface area contributed by atoms with Crippen LogP contribution < -0.4 is 5.73 Å². The highest BCUT2D eigenvalue weighted by atomic mass is 16.6. The molecule has 0 aliphatic heterocycles. The smallest absolute Gasteiger partial charge is 0.363 e. The number of carboxylic acids is 1. The molecule has 0 radical (unpaired) electrons. The van der Waals surface area contributed by atoms with E-state index in [1.54, 1.807) is 0 Å². The summed E-state index contributed by atoms with van der Waals surface area (Å²) in [6.07, 6.45) is 0.854. The number of nitrogens with two attached hydrogens (primary N) is 1. The fourth-order valence-electron chi connectivity index (χ4n) is 2.56. The van der Waals surface area contributed by atoms with Gasteiger partial charge in [0.25, 0.3) is 5.91 Å². The Morgan fingerprint density at radius 3 is 1.60 bits per heavy atom. The molecule has 2 heterocycles. The van der Waals surface area contributed by atoms with Crippen LogP contribution in [0.2, 0.25) is 0 Å². The minimum atomic E-state index is -1.40. The average molecular weight is 425 g/mol. The van der Waals surface area contributed by atoms with Gasteiger partial charge in [-0.2, -0.15) is 10.2 Å². The molecule has 30 heavy (non-hydrogen) atoms. The molecule has 0 spiro atoms. The van der Waals surface area contributed by atoms with Crippen LogP contribution in [0.5, 0.6) is 0 Å². The van der Waals surface area contributed by atoms with Gasteiger partial charge in [-0.1, -0.05) is 27.7 Å². The van der Waals surface area contributed by atoms with Gasteiger partial charge >= 0.3 is 17.3 Å². The third kappa shape index (κ3) is 6.08. The van der Waals surface area contributed by atoms with E-state index in [9.17, 15) is 29.8 Å². The van der Waals surface area contributed by atoms with Crippen molar-refractivity contribution in [2.45, 2.75) is 40.5 Å². The molecule has 0 aliphatic rings. The molecule has 0 saturated heterocycles. The Kier molecular flexibility index (Phi) is 8.13. The van der Waals surface area contributed by atoms with Crippen molar-refractivity contribution in [3.8, 4) is 0 Å². The molecule has 2 rings (SSSR count). The Labute approximate surface area is 170 Å². The quantitative estimate of drug-likeness (QED) is 0.357. The Balaban J connectivity index is 0.000000300. The van der Waals surface area contributed by atoms with Crippen molar-refractivity contribution < 1.29 is 24.5 Å². The SMILES string of the molecule is CC(C)Cc1[nH]nc(C(=O)O)c1[N+](=O)[O-].CC(C)Cc1[nH]nc(C(N)=O)c1[N+](=O)[O-]. The zero-order valence-corrected chi connectivity index (χ0v) is 16.8. The molecule has 164 valence electrons. The fraction of sp³-hybridized carbons (Fsp3) is 0.500. The second-order valence-corrected chi connectivity index (χ2v) is 7.18. The lowest BCUT2D eigenvalue weighted by atomic mass is 10.1. The van der Waals surface area contributed by atoms with Gasteiger partial charge in [-0.15, -0.1) is 0 Å². The molecular formula is C16H23N7O7. The summed E-state index contributed by atoms with van der Waals surface area (Å²) < 4.78 is 0. The lowest BCUT2D eigenvalue weighted by Crippen LogP contribution is -2.13. The third-order valence-corrected chi connectivity index (χ3v) is 3.65. The number of carbonyl (C=O) groups excluding carboxylic acids is 1. The van der Waals surface area contributed by atoms with E-state index in [1.165, 1.54) is 0 Å². The maximum Gasteiger partial charge on any atom is 0.363 e. The highest BCUT2D eigenvalue weighted by Gasteiger charge is 2.29. The van der Waals surface area contributed by atoms with E-state index in [0.717, 1.165) is 0 Å². The van der Waals surface area contributed by atoms with Crippen molar-refractivity contribution in [2.75, 3.05) is 0 Å². The minimum Gasteiger partial charge on any atom is -0.476 e. The molecule has 2 aromatic rings. The number of H-pyrrole nitrogens is 2. The van der Waals surface area contributed by atoms with Crippen molar-refractivity contribution >= 4 is 23.3 Å². The van der Waals surface area contributed by atoms with Crippen LogP contribution in [-0.2, 0) is 12.8 Å². The van der Waals surface area contributed by atoms with Crippen molar-refractivity contribution in [3.05, 3.63) is 43.0 Å². The molecule has 1 amide bonds. The van der Waals surface area contributed by atoms with E-state index in [1.807, 2.05) is 27.7 Å². The van der Waals surface area contributed by atoms with Crippen LogP contribution in [0, 0.1) is 32.1 Å². The van der Waals surface area contributed by atoms with Gasteiger partial charge < -0.3 is 10.8 Å². The molecule has 14 nitrogen and oxygen atoms in total. The number of carbonyl (C=O) groups is 2. The van der Waals surface area contributed by atoms with Crippen LogP contribution in [0.3, 0.4) is 0 Å².